The summed E-state index contributed by atoms with van der Waals surface area (Å²) in [6.07, 6.45) is -2.92. The molecule has 9 heteroatoms. The quantitative estimate of drug-likeness (QED) is 0.267. The molecule has 7 nitrogen and oxygen atoms in total. The smallest absolute Gasteiger partial charge is 0.852 e. The molecule has 0 amide bonds. The van der Waals surface area contributed by atoms with E-state index in [0.717, 1.165) is 0 Å². The Bertz CT molecular complexity index is 128. The second kappa shape index (κ2) is 52.3. The molecule has 0 aliphatic heterocycles. The zero-order chi connectivity index (χ0) is 25.0. The van der Waals surface area contributed by atoms with Gasteiger partial charge in [0.25, 0.3) is 0 Å². The molecule has 0 unspecified atom stereocenters. The normalized spacial score (nSPS) is 8.40. The fraction of sp³-hybridized carbons (Fsp3) is 1.00. The molecule has 0 saturated heterocycles. The fourth-order valence-corrected chi connectivity index (χ4v) is 0. The van der Waals surface area contributed by atoms with Gasteiger partial charge in [0, 0.05) is 0 Å². The molecule has 0 rings (SSSR count). The van der Waals surface area contributed by atoms with E-state index in [9.17, 15) is 35.7 Å². The third-order valence-electron chi connectivity index (χ3n) is 0. The van der Waals surface area contributed by atoms with Gasteiger partial charge in [-0.2, -0.15) is 0 Å². The maximum atomic E-state index is 9.53. The minimum absolute atomic E-state index is 0. The van der Waals surface area contributed by atoms with E-state index in [1.165, 1.54) is 0 Å². The summed E-state index contributed by atoms with van der Waals surface area (Å²) < 4.78 is 0. The molecule has 0 bridgehead atoms. The minimum Gasteiger partial charge on any atom is -0.852 e. The Morgan fingerprint density at radius 1 is 0.267 bits per heavy atom. The number of rotatable bonds is 0. The Hall–Kier alpha value is 1.32. The monoisotopic (exact) mass is 670 g/mol. The molecule has 0 aromatic carbocycles. The fourth-order valence-electron chi connectivity index (χ4n) is 0. The Morgan fingerprint density at radius 3 is 0.267 bits per heavy atom. The first-order chi connectivity index (χ1) is 12.1. The first-order valence-corrected chi connectivity index (χ1v) is 9.73. The largest absolute Gasteiger partial charge is 4.00 e. The van der Waals surface area contributed by atoms with Crippen LogP contribution in [0.4, 0.5) is 0 Å². The average molecular weight is 670 g/mol. The Balaban J connectivity index is -0.0000000242. The summed E-state index contributed by atoms with van der Waals surface area (Å²) in [5, 5.41) is 66.7. The molecular weight excluding hydrogens is 621 g/mol. The van der Waals surface area contributed by atoms with E-state index in [0.29, 0.717) is 0 Å². The summed E-state index contributed by atoms with van der Waals surface area (Å²) in [4.78, 5) is 0. The topological polar surface area (TPSA) is 161 Å². The van der Waals surface area contributed by atoms with Gasteiger partial charge in [-0.1, -0.05) is 96.9 Å². The molecule has 0 aliphatic rings. The first-order valence-electron chi connectivity index (χ1n) is 9.73. The van der Waals surface area contributed by atoms with Gasteiger partial charge in [-0.15, -0.1) is 42.7 Å². The van der Waals surface area contributed by atoms with Crippen molar-refractivity contribution in [3.63, 3.8) is 0 Å². The zero-order valence-electron chi connectivity index (χ0n) is 21.8. The van der Waals surface area contributed by atoms with Gasteiger partial charge in [0.1, 0.15) is 0 Å². The predicted molar refractivity (Wildman–Crippen MR) is 112 cm³/mol. The van der Waals surface area contributed by atoms with Crippen LogP contribution in [0, 0.1) is 0 Å². The van der Waals surface area contributed by atoms with Crippen molar-refractivity contribution in [2.75, 3.05) is 0 Å². The second-order valence-electron chi connectivity index (χ2n) is 7.34. The van der Waals surface area contributed by atoms with Crippen molar-refractivity contribution in [2.45, 2.75) is 140 Å². The Morgan fingerprint density at radius 2 is 0.267 bits per heavy atom. The van der Waals surface area contributed by atoms with Gasteiger partial charge in [-0.3, -0.25) is 0 Å². The average Bonchev–Trinajstić information content (AvgIpc) is 2.20. The third kappa shape index (κ3) is 13500. The van der Waals surface area contributed by atoms with Crippen molar-refractivity contribution >= 4 is 26.2 Å². The van der Waals surface area contributed by atoms with Gasteiger partial charge < -0.3 is 35.7 Å². The molecule has 0 heterocycles. The molecule has 0 saturated carbocycles. The van der Waals surface area contributed by atoms with Gasteiger partial charge in [-0.05, 0) is 0 Å². The maximum Gasteiger partial charge on any atom is 4.00 e. The van der Waals surface area contributed by atoms with Crippen LogP contribution in [0.5, 0.6) is 0 Å². The van der Waals surface area contributed by atoms with Crippen LogP contribution in [0.1, 0.15) is 96.9 Å². The van der Waals surface area contributed by atoms with E-state index in [2.05, 4.69) is 0 Å². The van der Waals surface area contributed by atoms with Gasteiger partial charge in [-0.25, -0.2) is 0 Å². The predicted octanol–water partition coefficient (Wildman–Crippen LogP) is -2.10. The van der Waals surface area contributed by atoms with Crippen molar-refractivity contribution in [2.24, 2.45) is 0 Å². The summed E-state index contributed by atoms with van der Waals surface area (Å²) in [5.74, 6) is 0. The first kappa shape index (κ1) is 57.8. The Kier molecular flexibility index (Phi) is 101. The van der Waals surface area contributed by atoms with Crippen LogP contribution in [0.15, 0.2) is 0 Å². The van der Waals surface area contributed by atoms with Crippen LogP contribution in [0.3, 0.4) is 0 Å². The van der Waals surface area contributed by atoms with Crippen LogP contribution < -0.4 is 35.7 Å². The molecule has 0 aromatic rings. The summed E-state index contributed by atoms with van der Waals surface area (Å²) in [7, 11) is 0. The van der Waals surface area contributed by atoms with E-state index in [1.54, 1.807) is 96.9 Å². The van der Waals surface area contributed by atoms with Crippen molar-refractivity contribution in [3.05, 3.63) is 0 Å². The van der Waals surface area contributed by atoms with Crippen molar-refractivity contribution < 1.29 is 57.5 Å². The molecule has 30 heavy (non-hydrogen) atoms. The van der Waals surface area contributed by atoms with Crippen LogP contribution in [-0.4, -0.2) is 68.9 Å². The van der Waals surface area contributed by atoms with Crippen molar-refractivity contribution in [1.82, 2.24) is 0 Å². The maximum absolute atomic E-state index is 9.53. The van der Waals surface area contributed by atoms with Gasteiger partial charge >= 0.3 is 47.9 Å². The molecule has 0 aromatic heterocycles. The SMILES string of the molecule is CC(C)[O-].CC(C)[O-].CC(C)[O-].CC(C)[O-].CC(C)[O-].CC(C)[O-].CC(C)[O-].[Bi+3].[Ti+4]. The number of hydrogen-bond donors (Lipinski definition) is 0. The van der Waals surface area contributed by atoms with Crippen molar-refractivity contribution in [3.8, 4) is 0 Å². The van der Waals surface area contributed by atoms with Gasteiger partial charge in [0.15, 0.2) is 0 Å². The van der Waals surface area contributed by atoms with E-state index in [4.69, 9.17) is 0 Å². The second-order valence-corrected chi connectivity index (χ2v) is 7.34. The van der Waals surface area contributed by atoms with Gasteiger partial charge in [0.05, 0.1) is 0 Å². The number of hydrogen-bond acceptors (Lipinski definition) is 7. The van der Waals surface area contributed by atoms with E-state index >= 15 is 0 Å². The summed E-state index contributed by atoms with van der Waals surface area (Å²) in [5.41, 5.74) is 0. The van der Waals surface area contributed by atoms with E-state index < -0.39 is 42.7 Å². The third-order valence-corrected chi connectivity index (χ3v) is 0. The van der Waals surface area contributed by atoms with Crippen LogP contribution >= 0.6 is 0 Å². The molecule has 0 atom stereocenters. The summed E-state index contributed by atoms with van der Waals surface area (Å²) in [6.45, 7) is 22.6. The van der Waals surface area contributed by atoms with Crippen molar-refractivity contribution in [1.29, 1.82) is 0 Å². The van der Waals surface area contributed by atoms with Crippen LogP contribution in [0.2, 0.25) is 0 Å². The van der Waals surface area contributed by atoms with E-state index in [1.807, 2.05) is 0 Å². The minimum atomic E-state index is -0.417. The molecular formula is C21H49BiO7Ti. The molecule has 0 spiro atoms. The molecule has 184 valence electrons. The summed E-state index contributed by atoms with van der Waals surface area (Å²) >= 11 is 0. The van der Waals surface area contributed by atoms with E-state index in [-0.39, 0.29) is 47.9 Å². The molecule has 0 aliphatic carbocycles. The molecule has 0 N–H and O–H groups in total. The van der Waals surface area contributed by atoms with Crippen LogP contribution in [-0.2, 0) is 21.7 Å². The zero-order valence-corrected chi connectivity index (χ0v) is 26.9. The van der Waals surface area contributed by atoms with Crippen LogP contribution in [0.25, 0.3) is 0 Å². The summed E-state index contributed by atoms with van der Waals surface area (Å²) in [6, 6.07) is 0. The van der Waals surface area contributed by atoms with Gasteiger partial charge in [0.2, 0.25) is 0 Å². The Labute approximate surface area is 222 Å². The molecule has 0 fully saturated rings. The molecule has 2 radical (unpaired) electrons. The standard InChI is InChI=1S/7C3H7O.Bi.Ti/c7*1-3(2)4;;/h7*3H,1-2H3;;/q7*-1;+3;+4.